The van der Waals surface area contributed by atoms with E-state index in [0.29, 0.717) is 5.03 Å². The van der Waals surface area contributed by atoms with Gasteiger partial charge in [0.15, 0.2) is 0 Å². The van der Waals surface area contributed by atoms with Crippen LogP contribution in [0.2, 0.25) is 0 Å². The van der Waals surface area contributed by atoms with Gasteiger partial charge in [-0.3, -0.25) is 4.79 Å². The highest BCUT2D eigenvalue weighted by Crippen LogP contribution is 2.66. The Labute approximate surface area is 236 Å². The number of hydrogen-bond donors (Lipinski definition) is 2. The van der Waals surface area contributed by atoms with Crippen molar-refractivity contribution < 1.29 is 28.6 Å². The van der Waals surface area contributed by atoms with Crippen LogP contribution in [-0.4, -0.2) is 49.8 Å². The lowest BCUT2D eigenvalue weighted by Crippen LogP contribution is -2.58. The largest absolute Gasteiger partial charge is 0.461 e. The van der Waals surface area contributed by atoms with E-state index in [1.165, 1.54) is 11.8 Å². The van der Waals surface area contributed by atoms with Crippen molar-refractivity contribution in [1.29, 1.82) is 0 Å². The van der Waals surface area contributed by atoms with Crippen molar-refractivity contribution in [2.24, 2.45) is 17.8 Å². The topological polar surface area (TPSA) is 132 Å². The van der Waals surface area contributed by atoms with E-state index in [4.69, 9.17) is 14.2 Å². The first-order chi connectivity index (χ1) is 19.2. The third-order valence-electron chi connectivity index (χ3n) is 7.06. The van der Waals surface area contributed by atoms with Crippen molar-refractivity contribution in [3.63, 3.8) is 0 Å². The first kappa shape index (κ1) is 27.7. The summed E-state index contributed by atoms with van der Waals surface area (Å²) in [6, 6.07) is 18.7. The second-order valence-electron chi connectivity index (χ2n) is 11.1. The number of carbonyl (C=O) groups excluding carboxylic acids is 3. The molecule has 1 amide bonds. The predicted octanol–water partition coefficient (Wildman–Crippen LogP) is 4.28. The molecule has 5 unspecified atom stereocenters. The second kappa shape index (κ2) is 11.3. The Hall–Kier alpha value is -3.86. The van der Waals surface area contributed by atoms with Gasteiger partial charge in [0.2, 0.25) is 0 Å². The molecular formula is C29H32N4O6S. The van der Waals surface area contributed by atoms with E-state index in [1.54, 1.807) is 27.0 Å². The van der Waals surface area contributed by atoms with Gasteiger partial charge in [-0.25, -0.2) is 9.59 Å². The molecule has 5 rings (SSSR count). The molecule has 1 heterocycles. The SMILES string of the molecule is CC(C)(C)OC(=O)NC1(C(=O)OCc2ccccc2)CC(Sc2cn[nH]n2)C2C(C(=O)OCc3ccccc3)C21. The number of H-pyrrole nitrogens is 1. The van der Waals surface area contributed by atoms with Crippen LogP contribution in [0.3, 0.4) is 0 Å². The summed E-state index contributed by atoms with van der Waals surface area (Å²) in [6.07, 6.45) is 1.06. The summed E-state index contributed by atoms with van der Waals surface area (Å²) in [5, 5.41) is 13.8. The molecule has 11 heteroatoms. The first-order valence-electron chi connectivity index (χ1n) is 13.1. The van der Waals surface area contributed by atoms with Gasteiger partial charge in [-0.1, -0.05) is 72.4 Å². The average Bonchev–Trinajstić information content (AvgIpc) is 3.32. The van der Waals surface area contributed by atoms with E-state index < -0.39 is 41.0 Å². The summed E-state index contributed by atoms with van der Waals surface area (Å²) in [5.41, 5.74) is -0.611. The number of rotatable bonds is 9. The van der Waals surface area contributed by atoms with Crippen LogP contribution < -0.4 is 5.32 Å². The summed E-state index contributed by atoms with van der Waals surface area (Å²) < 4.78 is 17.0. The van der Waals surface area contributed by atoms with Gasteiger partial charge in [0.1, 0.15) is 29.4 Å². The van der Waals surface area contributed by atoms with E-state index in [-0.39, 0.29) is 30.8 Å². The molecule has 0 saturated heterocycles. The second-order valence-corrected chi connectivity index (χ2v) is 12.3. The number of thioether (sulfide) groups is 1. The van der Waals surface area contributed by atoms with Crippen LogP contribution in [0.5, 0.6) is 0 Å². The predicted molar refractivity (Wildman–Crippen MR) is 146 cm³/mol. The molecule has 0 aliphatic heterocycles. The molecule has 2 aliphatic rings. The smallest absolute Gasteiger partial charge is 0.408 e. The number of benzene rings is 2. The number of nitrogens with one attached hydrogen (secondary N) is 2. The number of amides is 1. The molecule has 5 atom stereocenters. The zero-order chi connectivity index (χ0) is 28.3. The number of nitrogens with zero attached hydrogens (tertiary/aromatic N) is 2. The Bertz CT molecular complexity index is 1330. The molecule has 2 aliphatic carbocycles. The molecule has 0 bridgehead atoms. The van der Waals surface area contributed by atoms with Crippen LogP contribution >= 0.6 is 11.8 Å². The van der Waals surface area contributed by atoms with Crippen LogP contribution in [0.1, 0.15) is 38.3 Å². The number of aromatic amines is 1. The van der Waals surface area contributed by atoms with Gasteiger partial charge in [-0.15, -0.1) is 5.10 Å². The van der Waals surface area contributed by atoms with Crippen LogP contribution in [0.15, 0.2) is 71.9 Å². The lowest BCUT2D eigenvalue weighted by atomic mass is 9.90. The standard InChI is InChI=1S/C29H32N4O6S/c1-28(2,3)39-27(36)31-29(26(35)38-17-19-12-8-5-9-13-19)14-20(40-21-15-30-33-32-21)22-23(24(22)29)25(34)37-16-18-10-6-4-7-11-18/h4-13,15,20,22-24H,14,16-17H2,1-3H3,(H,31,36)(H,30,32,33). The first-order valence-corrected chi connectivity index (χ1v) is 14.0. The number of hydrogen-bond acceptors (Lipinski definition) is 9. The van der Waals surface area contributed by atoms with Crippen molar-refractivity contribution in [3.05, 3.63) is 78.0 Å². The van der Waals surface area contributed by atoms with Crippen molar-refractivity contribution in [2.75, 3.05) is 0 Å². The third-order valence-corrected chi connectivity index (χ3v) is 8.28. The maximum atomic E-state index is 13.9. The molecule has 10 nitrogen and oxygen atoms in total. The van der Waals surface area contributed by atoms with Crippen LogP contribution in [0.4, 0.5) is 4.79 Å². The van der Waals surface area contributed by atoms with Crippen molar-refractivity contribution in [1.82, 2.24) is 20.7 Å². The van der Waals surface area contributed by atoms with Crippen molar-refractivity contribution in [3.8, 4) is 0 Å². The number of alkyl carbamates (subject to hydrolysis) is 1. The summed E-state index contributed by atoms with van der Waals surface area (Å²) >= 11 is 1.41. The molecule has 40 heavy (non-hydrogen) atoms. The molecule has 2 saturated carbocycles. The van der Waals surface area contributed by atoms with E-state index in [1.807, 2.05) is 60.7 Å². The molecule has 0 spiro atoms. The maximum Gasteiger partial charge on any atom is 0.408 e. The lowest BCUT2D eigenvalue weighted by Gasteiger charge is -2.33. The van der Waals surface area contributed by atoms with Gasteiger partial charge in [-0.2, -0.15) is 10.3 Å². The average molecular weight is 565 g/mol. The van der Waals surface area contributed by atoms with Crippen molar-refractivity contribution in [2.45, 2.75) is 61.8 Å². The minimum absolute atomic E-state index is 0.0268. The van der Waals surface area contributed by atoms with E-state index in [9.17, 15) is 14.4 Å². The molecule has 0 radical (unpaired) electrons. The quantitative estimate of drug-likeness (QED) is 0.289. The minimum Gasteiger partial charge on any atom is -0.461 e. The normalized spacial score (nSPS) is 25.0. The third kappa shape index (κ3) is 6.14. The van der Waals surface area contributed by atoms with Gasteiger partial charge in [0, 0.05) is 11.2 Å². The Balaban J connectivity index is 1.41. The van der Waals surface area contributed by atoms with Crippen LogP contribution in [0, 0.1) is 17.8 Å². The summed E-state index contributed by atoms with van der Waals surface area (Å²) in [6.45, 7) is 5.37. The molecule has 1 aromatic heterocycles. The summed E-state index contributed by atoms with van der Waals surface area (Å²) in [5.74, 6) is -2.42. The zero-order valence-corrected chi connectivity index (χ0v) is 23.4. The highest BCUT2D eigenvalue weighted by molar-refractivity contribution is 7.99. The molecular weight excluding hydrogens is 532 g/mol. The highest BCUT2D eigenvalue weighted by Gasteiger charge is 2.76. The Morgan fingerprint density at radius 1 is 1.00 bits per heavy atom. The number of aromatic nitrogens is 3. The number of fused-ring (bicyclic) bond motifs is 1. The molecule has 2 fully saturated rings. The van der Waals surface area contributed by atoms with Gasteiger partial charge >= 0.3 is 18.0 Å². The summed E-state index contributed by atoms with van der Waals surface area (Å²) in [7, 11) is 0. The highest BCUT2D eigenvalue weighted by atomic mass is 32.2. The maximum absolute atomic E-state index is 13.9. The van der Waals surface area contributed by atoms with E-state index >= 15 is 0 Å². The van der Waals surface area contributed by atoms with Gasteiger partial charge in [-0.05, 0) is 44.2 Å². The Morgan fingerprint density at radius 3 is 2.20 bits per heavy atom. The fourth-order valence-corrected chi connectivity index (χ4v) is 6.78. The number of ether oxygens (including phenoxy) is 3. The lowest BCUT2D eigenvalue weighted by molar-refractivity contribution is -0.155. The fraction of sp³-hybridized carbons (Fsp3) is 0.414. The van der Waals surface area contributed by atoms with E-state index in [0.717, 1.165) is 11.1 Å². The van der Waals surface area contributed by atoms with Gasteiger partial charge < -0.3 is 19.5 Å². The van der Waals surface area contributed by atoms with E-state index in [2.05, 4.69) is 20.7 Å². The molecule has 210 valence electrons. The number of esters is 2. The Kier molecular flexibility index (Phi) is 7.84. The molecule has 2 N–H and O–H groups in total. The minimum atomic E-state index is -1.49. The van der Waals surface area contributed by atoms with Gasteiger partial charge in [0.25, 0.3) is 0 Å². The monoisotopic (exact) mass is 564 g/mol. The number of carbonyl (C=O) groups is 3. The van der Waals surface area contributed by atoms with Gasteiger partial charge in [0.05, 0.1) is 12.1 Å². The molecule has 2 aromatic carbocycles. The Morgan fingerprint density at radius 2 is 1.62 bits per heavy atom. The van der Waals surface area contributed by atoms with Crippen molar-refractivity contribution >= 4 is 29.8 Å². The zero-order valence-electron chi connectivity index (χ0n) is 22.5. The fourth-order valence-electron chi connectivity index (χ4n) is 5.42. The molecule has 3 aromatic rings. The van der Waals surface area contributed by atoms with Crippen LogP contribution in [-0.2, 0) is 37.0 Å². The van der Waals surface area contributed by atoms with Crippen LogP contribution in [0.25, 0.3) is 0 Å². The summed E-state index contributed by atoms with van der Waals surface area (Å²) in [4.78, 5) is 40.4.